The number of rotatable bonds is 10. The van der Waals surface area contributed by atoms with Crippen molar-refractivity contribution in [2.75, 3.05) is 0 Å². The van der Waals surface area contributed by atoms with Gasteiger partial charge in [-0.25, -0.2) is 0 Å². The number of Topliss-reactive ketones (excluding diaryl/α,β-unsaturated/α-hetero) is 1. The standard InChI is InChI=1S/C37H45N5O5/c1-8-22-20(6)35-34(37(47)21(7)38)36-23(9-2)17(3)28(41-36)14-26-18(4)24(10-12-32(43)44)30(39-26)16-31-25(11-13-33(45)46)19(5)27(40-31)15-29(22)42-35/h14-16,21,39-42H,8-13,38H2,1-7H3,(H,43,44)(H,45,46)/t21-/m0/s1. The van der Waals surface area contributed by atoms with Crippen LogP contribution in [0.4, 0.5) is 0 Å². The first-order valence-electron chi connectivity index (χ1n) is 16.3. The Kier molecular flexibility index (Phi) is 9.36. The van der Waals surface area contributed by atoms with Gasteiger partial charge in [0.1, 0.15) is 0 Å². The molecule has 5 heterocycles. The van der Waals surface area contributed by atoms with Gasteiger partial charge < -0.3 is 35.9 Å². The summed E-state index contributed by atoms with van der Waals surface area (Å²) >= 11 is 0. The van der Waals surface area contributed by atoms with Crippen molar-refractivity contribution < 1.29 is 24.6 Å². The van der Waals surface area contributed by atoms with Crippen LogP contribution in [0, 0.1) is 27.7 Å². The number of aliphatic carboxylic acids is 2. The third-order valence-electron chi connectivity index (χ3n) is 9.64. The molecule has 0 unspecified atom stereocenters. The highest BCUT2D eigenvalue weighted by molar-refractivity contribution is 6.22. The van der Waals surface area contributed by atoms with Crippen LogP contribution in [0.3, 0.4) is 0 Å². The molecular weight excluding hydrogens is 594 g/mol. The van der Waals surface area contributed by atoms with Crippen molar-refractivity contribution in [1.29, 1.82) is 0 Å². The molecule has 10 nitrogen and oxygen atoms in total. The molecule has 10 heteroatoms. The molecule has 0 amide bonds. The van der Waals surface area contributed by atoms with Crippen molar-refractivity contribution in [1.82, 2.24) is 19.9 Å². The van der Waals surface area contributed by atoms with Gasteiger partial charge in [0.2, 0.25) is 0 Å². The zero-order chi connectivity index (χ0) is 34.3. The quantitative estimate of drug-likeness (QED) is 0.140. The Morgan fingerprint density at radius 1 is 0.660 bits per heavy atom. The van der Waals surface area contributed by atoms with E-state index in [9.17, 15) is 24.6 Å². The Labute approximate surface area is 273 Å². The molecule has 1 atom stereocenters. The number of hydrogen-bond acceptors (Lipinski definition) is 4. The van der Waals surface area contributed by atoms with E-state index in [2.05, 4.69) is 33.8 Å². The van der Waals surface area contributed by atoms with Crippen LogP contribution < -0.4 is 27.1 Å². The summed E-state index contributed by atoms with van der Waals surface area (Å²) in [4.78, 5) is 51.6. The van der Waals surface area contributed by atoms with E-state index in [1.54, 1.807) is 6.92 Å². The number of H-pyrrole nitrogens is 4. The zero-order valence-corrected chi connectivity index (χ0v) is 28.2. The fraction of sp³-hybridized carbons (Fsp3) is 0.378. The molecular formula is C37H45N5O5. The molecule has 248 valence electrons. The molecule has 4 aromatic heterocycles. The maximum absolute atomic E-state index is 14.0. The second-order valence-electron chi connectivity index (χ2n) is 12.6. The first-order chi connectivity index (χ1) is 22.3. The van der Waals surface area contributed by atoms with Crippen molar-refractivity contribution in [2.45, 2.75) is 93.0 Å². The normalized spacial score (nSPS) is 13.1. The monoisotopic (exact) mass is 639 g/mol. The van der Waals surface area contributed by atoms with E-state index < -0.39 is 18.0 Å². The number of nitrogens with two attached hydrogens (primary N) is 1. The lowest BCUT2D eigenvalue weighted by atomic mass is 9.96. The van der Waals surface area contributed by atoms with Gasteiger partial charge in [0.25, 0.3) is 0 Å². The molecule has 47 heavy (non-hydrogen) atoms. The van der Waals surface area contributed by atoms with Crippen LogP contribution in [0.2, 0.25) is 0 Å². The number of carboxylic acids is 2. The molecule has 0 radical (unpaired) electrons. The number of carbonyl (C=O) groups excluding carboxylic acids is 1. The molecule has 0 fully saturated rings. The first-order valence-corrected chi connectivity index (χ1v) is 16.3. The summed E-state index contributed by atoms with van der Waals surface area (Å²) in [5.74, 6) is -1.95. The Bertz CT molecular complexity index is 2170. The van der Waals surface area contributed by atoms with Crippen LogP contribution in [-0.2, 0) is 40.1 Å². The molecule has 8 N–H and O–H groups in total. The maximum atomic E-state index is 14.0. The van der Waals surface area contributed by atoms with Crippen molar-refractivity contribution in [3.63, 3.8) is 0 Å². The van der Waals surface area contributed by atoms with Gasteiger partial charge in [-0.2, -0.15) is 0 Å². The predicted molar refractivity (Wildman–Crippen MR) is 183 cm³/mol. The highest BCUT2D eigenvalue weighted by Gasteiger charge is 2.25. The number of aromatic nitrogens is 4. The fourth-order valence-electron chi connectivity index (χ4n) is 6.97. The van der Waals surface area contributed by atoms with Gasteiger partial charge in [-0.05, 0) is 123 Å². The van der Waals surface area contributed by atoms with Gasteiger partial charge in [0.05, 0.1) is 22.7 Å². The van der Waals surface area contributed by atoms with Crippen LogP contribution >= 0.6 is 0 Å². The summed E-state index contributed by atoms with van der Waals surface area (Å²) in [5, 5.41) is 22.3. The smallest absolute Gasteiger partial charge is 0.303 e. The highest BCUT2D eigenvalue weighted by atomic mass is 16.4. The molecule has 5 rings (SSSR count). The molecule has 0 aromatic carbocycles. The van der Waals surface area contributed by atoms with Gasteiger partial charge in [0.15, 0.2) is 5.78 Å². The van der Waals surface area contributed by atoms with Crippen molar-refractivity contribution >= 4 is 41.5 Å². The van der Waals surface area contributed by atoms with E-state index in [1.807, 2.05) is 45.9 Å². The average Bonchev–Trinajstić information content (AvgIpc) is 3.68. The number of aromatic amines is 4. The lowest BCUT2D eigenvalue weighted by molar-refractivity contribution is -0.138. The zero-order valence-electron chi connectivity index (χ0n) is 28.2. The third-order valence-corrected chi connectivity index (χ3v) is 9.64. The molecule has 1 aliphatic heterocycles. The van der Waals surface area contributed by atoms with Gasteiger partial charge in [-0.1, -0.05) is 13.8 Å². The van der Waals surface area contributed by atoms with Crippen molar-refractivity contribution in [2.24, 2.45) is 5.73 Å². The summed E-state index contributed by atoms with van der Waals surface area (Å²) < 4.78 is 0. The van der Waals surface area contributed by atoms with Crippen LogP contribution in [-0.4, -0.2) is 53.9 Å². The molecule has 0 spiro atoms. The minimum absolute atomic E-state index is 0.0364. The SMILES string of the molecule is CCc1c2[nH]c(c1C)C(C(=O)[C@H](C)N)=c1[nH]c(c(C)c1CC)=Cc1[nH]c(c(CCC(=O)O)c1C)C=c1[nH]c(c(C)c1CCC(=O)O)=C2. The van der Waals surface area contributed by atoms with Gasteiger partial charge >= 0.3 is 11.9 Å². The molecule has 0 aliphatic carbocycles. The first kappa shape index (κ1) is 33.5. The Morgan fingerprint density at radius 2 is 1.19 bits per heavy atom. The number of carboxylic acid groups (broad SMARTS) is 2. The molecule has 0 saturated carbocycles. The van der Waals surface area contributed by atoms with Gasteiger partial charge in [-0.3, -0.25) is 14.4 Å². The Morgan fingerprint density at radius 3 is 1.79 bits per heavy atom. The van der Waals surface area contributed by atoms with E-state index >= 15 is 0 Å². The minimum Gasteiger partial charge on any atom is -0.481 e. The summed E-state index contributed by atoms with van der Waals surface area (Å²) in [6, 6.07) is -0.734. The van der Waals surface area contributed by atoms with Crippen molar-refractivity contribution in [3.8, 4) is 0 Å². The van der Waals surface area contributed by atoms with E-state index in [0.29, 0.717) is 24.8 Å². The molecule has 1 aliphatic rings. The lowest BCUT2D eigenvalue weighted by Gasteiger charge is -2.10. The van der Waals surface area contributed by atoms with Gasteiger partial charge in [-0.15, -0.1) is 0 Å². The average molecular weight is 640 g/mol. The van der Waals surface area contributed by atoms with Crippen LogP contribution in [0.5, 0.6) is 0 Å². The number of nitrogens with one attached hydrogen (secondary N) is 4. The van der Waals surface area contributed by atoms with Crippen LogP contribution in [0.15, 0.2) is 0 Å². The van der Waals surface area contributed by atoms with Crippen LogP contribution in [0.25, 0.3) is 23.8 Å². The Balaban J connectivity index is 2.00. The number of hydrogen-bond donors (Lipinski definition) is 7. The third kappa shape index (κ3) is 6.17. The van der Waals surface area contributed by atoms with Gasteiger partial charge in [0, 0.05) is 46.0 Å². The van der Waals surface area contributed by atoms with E-state index in [0.717, 1.165) is 95.1 Å². The lowest BCUT2D eigenvalue weighted by Crippen LogP contribution is -2.33. The number of ketones is 1. The maximum Gasteiger partial charge on any atom is 0.303 e. The van der Waals surface area contributed by atoms with E-state index in [1.165, 1.54) is 0 Å². The topological polar surface area (TPSA) is 181 Å². The summed E-state index contributed by atoms with van der Waals surface area (Å²) in [6.07, 6.45) is 8.00. The van der Waals surface area contributed by atoms with Crippen LogP contribution in [0.1, 0.15) is 101 Å². The second-order valence-corrected chi connectivity index (χ2v) is 12.6. The highest BCUT2D eigenvalue weighted by Crippen LogP contribution is 2.27. The van der Waals surface area contributed by atoms with E-state index in [4.69, 9.17) is 5.73 Å². The fourth-order valence-corrected chi connectivity index (χ4v) is 6.97. The summed E-state index contributed by atoms with van der Waals surface area (Å²) in [5.41, 5.74) is 17.6. The molecule has 0 saturated heterocycles. The molecule has 4 aromatic rings. The van der Waals surface area contributed by atoms with Crippen molar-refractivity contribution in [3.05, 3.63) is 88.7 Å². The molecule has 8 bridgehead atoms. The summed E-state index contributed by atoms with van der Waals surface area (Å²) in [7, 11) is 0. The minimum atomic E-state index is -0.887. The Hall–Kier alpha value is -4.83. The predicted octanol–water partition coefficient (Wildman–Crippen LogP) is 2.31. The number of carbonyl (C=O) groups is 3. The summed E-state index contributed by atoms with van der Waals surface area (Å²) in [6.45, 7) is 13.9. The second kappa shape index (κ2) is 13.1. The van der Waals surface area contributed by atoms with E-state index in [-0.39, 0.29) is 18.6 Å². The largest absolute Gasteiger partial charge is 0.481 e. The number of fused-ring (bicyclic) bond motifs is 8.